The van der Waals surface area contributed by atoms with E-state index in [0.717, 1.165) is 0 Å². The Balaban J connectivity index is 2.04. The molecule has 20 heavy (non-hydrogen) atoms. The van der Waals surface area contributed by atoms with Gasteiger partial charge in [0.05, 0.1) is 12.0 Å². The first kappa shape index (κ1) is 12.9. The number of hydrogen-bond acceptors (Lipinski definition) is 6. The van der Waals surface area contributed by atoms with Gasteiger partial charge in [-0.2, -0.15) is 0 Å². The van der Waals surface area contributed by atoms with Crippen molar-refractivity contribution in [3.8, 4) is 0 Å². The van der Waals surface area contributed by atoms with Crippen LogP contribution in [0.4, 0.5) is 4.39 Å². The molecule has 3 rings (SSSR count). The Labute approximate surface area is 111 Å². The molecule has 0 amide bonds. The van der Waals surface area contributed by atoms with Crippen LogP contribution >= 0.6 is 0 Å². The van der Waals surface area contributed by atoms with Crippen LogP contribution in [-0.4, -0.2) is 54.1 Å². The number of imidazole rings is 1. The van der Waals surface area contributed by atoms with Gasteiger partial charge in [-0.3, -0.25) is 4.57 Å². The van der Waals surface area contributed by atoms with Crippen LogP contribution in [0.1, 0.15) is 11.9 Å². The predicted octanol–water partition coefficient (Wildman–Crippen LogP) is -0.184. The highest BCUT2D eigenvalue weighted by atomic mass is 19.1. The second-order valence-electron chi connectivity index (χ2n) is 4.50. The lowest BCUT2D eigenvalue weighted by Crippen LogP contribution is -2.34. The van der Waals surface area contributed by atoms with E-state index in [0.29, 0.717) is 16.9 Å². The molecule has 106 valence electrons. The molecule has 1 aliphatic rings. The molecule has 2 aromatic heterocycles. The number of aliphatic hydroxyl groups excluding tert-OH is 1. The SMILES string of the molecule is Cc1ncnc2c1ncn2[C@@H]1O[C@H](C(=O)O)[C@@H](O)[C@@H]1F. The van der Waals surface area contributed by atoms with Gasteiger partial charge in [0.25, 0.3) is 0 Å². The van der Waals surface area contributed by atoms with Gasteiger partial charge in [0.15, 0.2) is 24.2 Å². The van der Waals surface area contributed by atoms with Crippen molar-refractivity contribution in [2.24, 2.45) is 0 Å². The molecule has 0 aromatic carbocycles. The highest BCUT2D eigenvalue weighted by Gasteiger charge is 2.49. The summed E-state index contributed by atoms with van der Waals surface area (Å²) in [5, 5.41) is 18.4. The third-order valence-electron chi connectivity index (χ3n) is 3.25. The second-order valence-corrected chi connectivity index (χ2v) is 4.50. The number of ether oxygens (including phenoxy) is 1. The molecule has 0 aliphatic carbocycles. The number of alkyl halides is 1. The van der Waals surface area contributed by atoms with Crippen molar-refractivity contribution >= 4 is 17.1 Å². The summed E-state index contributed by atoms with van der Waals surface area (Å²) < 4.78 is 20.4. The lowest BCUT2D eigenvalue weighted by molar-refractivity contribution is -0.155. The number of carbonyl (C=O) groups is 1. The summed E-state index contributed by atoms with van der Waals surface area (Å²) in [6, 6.07) is 0. The first-order valence-corrected chi connectivity index (χ1v) is 5.85. The molecular formula is C11H11FN4O4. The number of halogens is 1. The number of aryl methyl sites for hydroxylation is 1. The number of rotatable bonds is 2. The van der Waals surface area contributed by atoms with Crippen molar-refractivity contribution in [2.75, 3.05) is 0 Å². The van der Waals surface area contributed by atoms with E-state index < -0.39 is 30.6 Å². The summed E-state index contributed by atoms with van der Waals surface area (Å²) in [5.74, 6) is -1.42. The Morgan fingerprint density at radius 2 is 2.20 bits per heavy atom. The lowest BCUT2D eigenvalue weighted by atomic mass is 10.1. The van der Waals surface area contributed by atoms with E-state index in [1.54, 1.807) is 6.92 Å². The van der Waals surface area contributed by atoms with Gasteiger partial charge in [0.2, 0.25) is 0 Å². The van der Waals surface area contributed by atoms with E-state index in [1.807, 2.05) is 0 Å². The molecular weight excluding hydrogens is 271 g/mol. The predicted molar refractivity (Wildman–Crippen MR) is 62.5 cm³/mol. The summed E-state index contributed by atoms with van der Waals surface area (Å²) in [4.78, 5) is 22.9. The van der Waals surface area contributed by atoms with Crippen molar-refractivity contribution in [3.05, 3.63) is 18.3 Å². The number of aliphatic carboxylic acids is 1. The zero-order valence-corrected chi connectivity index (χ0v) is 10.3. The average molecular weight is 282 g/mol. The fourth-order valence-electron chi connectivity index (χ4n) is 2.22. The first-order valence-electron chi connectivity index (χ1n) is 5.85. The summed E-state index contributed by atoms with van der Waals surface area (Å²) in [6.45, 7) is 1.72. The molecule has 0 unspecified atom stereocenters. The molecule has 0 saturated carbocycles. The van der Waals surface area contributed by atoms with E-state index in [1.165, 1.54) is 17.2 Å². The molecule has 0 spiro atoms. The van der Waals surface area contributed by atoms with Gasteiger partial charge in [0, 0.05) is 0 Å². The molecule has 1 saturated heterocycles. The largest absolute Gasteiger partial charge is 0.479 e. The van der Waals surface area contributed by atoms with Gasteiger partial charge >= 0.3 is 5.97 Å². The van der Waals surface area contributed by atoms with Crippen LogP contribution in [-0.2, 0) is 9.53 Å². The van der Waals surface area contributed by atoms with Gasteiger partial charge in [-0.05, 0) is 6.92 Å². The van der Waals surface area contributed by atoms with Crippen molar-refractivity contribution in [1.29, 1.82) is 0 Å². The van der Waals surface area contributed by atoms with E-state index in [2.05, 4.69) is 15.0 Å². The van der Waals surface area contributed by atoms with E-state index in [-0.39, 0.29) is 0 Å². The Morgan fingerprint density at radius 1 is 1.45 bits per heavy atom. The van der Waals surface area contributed by atoms with E-state index in [4.69, 9.17) is 9.84 Å². The van der Waals surface area contributed by atoms with Crippen LogP contribution in [0.15, 0.2) is 12.7 Å². The van der Waals surface area contributed by atoms with Gasteiger partial charge in [-0.15, -0.1) is 0 Å². The summed E-state index contributed by atoms with van der Waals surface area (Å²) in [6.07, 6.45) is -3.94. The Morgan fingerprint density at radius 3 is 2.85 bits per heavy atom. The zero-order chi connectivity index (χ0) is 14.4. The third-order valence-corrected chi connectivity index (χ3v) is 3.25. The number of carboxylic acids is 1. The van der Waals surface area contributed by atoms with E-state index >= 15 is 0 Å². The summed E-state index contributed by atoms with van der Waals surface area (Å²) >= 11 is 0. The highest BCUT2D eigenvalue weighted by molar-refractivity contribution is 5.74. The minimum atomic E-state index is -1.89. The molecule has 1 fully saturated rings. The summed E-state index contributed by atoms with van der Waals surface area (Å²) in [7, 11) is 0. The van der Waals surface area contributed by atoms with Crippen molar-refractivity contribution < 1.29 is 24.1 Å². The number of hydrogen-bond donors (Lipinski definition) is 2. The quantitative estimate of drug-likeness (QED) is 0.785. The smallest absolute Gasteiger partial charge is 0.335 e. The molecule has 1 aliphatic heterocycles. The molecule has 4 atom stereocenters. The van der Waals surface area contributed by atoms with Gasteiger partial charge < -0.3 is 14.9 Å². The van der Waals surface area contributed by atoms with Crippen LogP contribution < -0.4 is 0 Å². The Bertz CT molecular complexity index is 675. The van der Waals surface area contributed by atoms with Gasteiger partial charge in [-0.1, -0.05) is 0 Å². The molecule has 2 N–H and O–H groups in total. The number of aromatic nitrogens is 4. The third kappa shape index (κ3) is 1.74. The second kappa shape index (κ2) is 4.46. The maximum Gasteiger partial charge on any atom is 0.335 e. The topological polar surface area (TPSA) is 110 Å². The Hall–Kier alpha value is -2.13. The molecule has 8 nitrogen and oxygen atoms in total. The fraction of sp³-hybridized carbons (Fsp3) is 0.455. The normalized spacial score (nSPS) is 29.9. The van der Waals surface area contributed by atoms with Gasteiger partial charge in [0.1, 0.15) is 17.9 Å². The summed E-state index contributed by atoms with van der Waals surface area (Å²) in [5.41, 5.74) is 1.40. The minimum Gasteiger partial charge on any atom is -0.479 e. The van der Waals surface area contributed by atoms with Crippen LogP contribution in [0.2, 0.25) is 0 Å². The average Bonchev–Trinajstić information content (AvgIpc) is 2.94. The minimum absolute atomic E-state index is 0.323. The van der Waals surface area contributed by atoms with Crippen molar-refractivity contribution in [3.63, 3.8) is 0 Å². The number of aliphatic hydroxyl groups is 1. The van der Waals surface area contributed by atoms with Crippen molar-refractivity contribution in [2.45, 2.75) is 31.5 Å². The standard InChI is InChI=1S/C11H11FN4O4/c1-4-6-9(14-2-13-4)16(3-15-6)10-5(12)7(17)8(20-10)11(18)19/h2-3,5,7-8,10,17H,1H3,(H,18,19)/t5-,7-,8-,10+/m0/s1. The first-order chi connectivity index (χ1) is 9.50. The van der Waals surface area contributed by atoms with E-state index in [9.17, 15) is 14.3 Å². The van der Waals surface area contributed by atoms with Crippen LogP contribution in [0.5, 0.6) is 0 Å². The molecule has 9 heteroatoms. The van der Waals surface area contributed by atoms with Gasteiger partial charge in [-0.25, -0.2) is 24.1 Å². The Kier molecular flexibility index (Phi) is 2.87. The molecule has 0 radical (unpaired) electrons. The monoisotopic (exact) mass is 282 g/mol. The maximum atomic E-state index is 14.1. The van der Waals surface area contributed by atoms with Crippen LogP contribution in [0, 0.1) is 6.92 Å². The number of nitrogens with zero attached hydrogens (tertiary/aromatic N) is 4. The van der Waals surface area contributed by atoms with Crippen LogP contribution in [0.25, 0.3) is 11.2 Å². The molecule has 0 bridgehead atoms. The van der Waals surface area contributed by atoms with Crippen molar-refractivity contribution in [1.82, 2.24) is 19.5 Å². The van der Waals surface area contributed by atoms with Crippen LogP contribution in [0.3, 0.4) is 0 Å². The molecule has 3 heterocycles. The lowest BCUT2D eigenvalue weighted by Gasteiger charge is -2.14. The molecule has 2 aromatic rings. The number of carboxylic acid groups (broad SMARTS) is 1. The highest BCUT2D eigenvalue weighted by Crippen LogP contribution is 2.33. The fourth-order valence-corrected chi connectivity index (χ4v) is 2.22. The zero-order valence-electron chi connectivity index (χ0n) is 10.3. The maximum absolute atomic E-state index is 14.1. The number of fused-ring (bicyclic) bond motifs is 1.